The number of H-pyrrole nitrogens is 1. The van der Waals surface area contributed by atoms with Gasteiger partial charge in [-0.15, -0.1) is 4.91 Å². The number of phenols is 1. The van der Waals surface area contributed by atoms with Gasteiger partial charge in [-0.25, -0.2) is 0 Å². The molecule has 0 bridgehead atoms. The highest BCUT2D eigenvalue weighted by molar-refractivity contribution is 7.86. The fourth-order valence-corrected chi connectivity index (χ4v) is 2.05. The summed E-state index contributed by atoms with van der Waals surface area (Å²) in [5.74, 6) is -0.653. The van der Waals surface area contributed by atoms with Gasteiger partial charge in [0.1, 0.15) is 10.6 Å². The summed E-state index contributed by atoms with van der Waals surface area (Å²) in [6, 6.07) is 0.740. The molecule has 0 aliphatic carbocycles. The summed E-state index contributed by atoms with van der Waals surface area (Å²) in [6.07, 6.45) is 1.10. The fraction of sp³-hybridized carbons (Fsp3) is 0. The first kappa shape index (κ1) is 10.5. The van der Waals surface area contributed by atoms with E-state index in [1.807, 2.05) is 0 Å². The third-order valence-corrected chi connectivity index (χ3v) is 2.91. The predicted molar refractivity (Wildman–Crippen MR) is 53.0 cm³/mol. The average Bonchev–Trinajstić information content (AvgIpc) is 2.63. The van der Waals surface area contributed by atoms with E-state index < -0.39 is 20.8 Å². The van der Waals surface area contributed by atoms with E-state index in [9.17, 15) is 18.4 Å². The van der Waals surface area contributed by atoms with Gasteiger partial charge < -0.3 is 5.11 Å². The SMILES string of the molecule is O=Nc1c(O)cc(S(=O)(=O)O)c2cn[nH]c12. The van der Waals surface area contributed by atoms with Gasteiger partial charge in [0.15, 0.2) is 5.69 Å². The Bertz CT molecular complexity index is 675. The van der Waals surface area contributed by atoms with Crippen molar-refractivity contribution in [3.8, 4) is 5.75 Å². The number of fused-ring (bicyclic) bond motifs is 1. The van der Waals surface area contributed by atoms with Crippen LogP contribution in [0, 0.1) is 4.91 Å². The minimum absolute atomic E-state index is 0.0186. The second kappa shape index (κ2) is 3.25. The minimum atomic E-state index is -4.51. The molecule has 0 saturated carbocycles. The Labute approximate surface area is 88.6 Å². The van der Waals surface area contributed by atoms with Crippen LogP contribution < -0.4 is 0 Å². The van der Waals surface area contributed by atoms with Gasteiger partial charge in [-0.2, -0.15) is 13.5 Å². The van der Waals surface area contributed by atoms with E-state index in [1.165, 1.54) is 0 Å². The van der Waals surface area contributed by atoms with E-state index >= 15 is 0 Å². The number of aromatic hydroxyl groups is 1. The molecule has 2 rings (SSSR count). The highest BCUT2D eigenvalue weighted by Gasteiger charge is 2.21. The van der Waals surface area contributed by atoms with E-state index in [0.717, 1.165) is 12.3 Å². The van der Waals surface area contributed by atoms with E-state index in [0.29, 0.717) is 0 Å². The Balaban J connectivity index is 3.00. The van der Waals surface area contributed by atoms with Crippen molar-refractivity contribution in [2.24, 2.45) is 5.18 Å². The van der Waals surface area contributed by atoms with Crippen molar-refractivity contribution in [3.05, 3.63) is 17.2 Å². The van der Waals surface area contributed by atoms with E-state index in [4.69, 9.17) is 4.55 Å². The van der Waals surface area contributed by atoms with Crippen LogP contribution in [0.1, 0.15) is 0 Å². The van der Waals surface area contributed by atoms with Crippen molar-refractivity contribution >= 4 is 26.7 Å². The molecule has 0 aliphatic heterocycles. The monoisotopic (exact) mass is 243 g/mol. The Hall–Kier alpha value is -2.00. The number of nitrogens with one attached hydrogen (secondary N) is 1. The van der Waals surface area contributed by atoms with Gasteiger partial charge in [-0.05, 0) is 5.18 Å². The van der Waals surface area contributed by atoms with Gasteiger partial charge in [0.25, 0.3) is 10.1 Å². The lowest BCUT2D eigenvalue weighted by atomic mass is 10.2. The predicted octanol–water partition coefficient (Wildman–Crippen LogP) is 0.913. The topological polar surface area (TPSA) is 133 Å². The molecule has 0 unspecified atom stereocenters. The number of rotatable bonds is 2. The van der Waals surface area contributed by atoms with Crippen molar-refractivity contribution in [2.75, 3.05) is 0 Å². The molecule has 9 heteroatoms. The van der Waals surface area contributed by atoms with Crippen LogP contribution in [-0.4, -0.2) is 28.3 Å². The van der Waals surface area contributed by atoms with Crippen LogP contribution in [0.3, 0.4) is 0 Å². The molecule has 0 atom stereocenters. The number of aromatic amines is 1. The normalized spacial score (nSPS) is 11.8. The van der Waals surface area contributed by atoms with Crippen molar-refractivity contribution in [1.29, 1.82) is 0 Å². The van der Waals surface area contributed by atoms with Gasteiger partial charge in [0.2, 0.25) is 0 Å². The third-order valence-electron chi connectivity index (χ3n) is 2.02. The maximum Gasteiger partial charge on any atom is 0.295 e. The van der Waals surface area contributed by atoms with Crippen molar-refractivity contribution in [1.82, 2.24) is 10.2 Å². The quantitative estimate of drug-likeness (QED) is 0.530. The first-order chi connectivity index (χ1) is 7.45. The Morgan fingerprint density at radius 1 is 1.44 bits per heavy atom. The second-order valence-corrected chi connectivity index (χ2v) is 4.36. The zero-order valence-corrected chi connectivity index (χ0v) is 8.39. The number of benzene rings is 1. The third kappa shape index (κ3) is 1.42. The summed E-state index contributed by atoms with van der Waals surface area (Å²) in [5.41, 5.74) is -0.414. The maximum absolute atomic E-state index is 11.0. The number of phenolic OH excluding ortho intramolecular Hbond substituents is 1. The fourth-order valence-electron chi connectivity index (χ4n) is 1.36. The lowest BCUT2D eigenvalue weighted by Crippen LogP contribution is -1.98. The van der Waals surface area contributed by atoms with Crippen LogP contribution in [0.25, 0.3) is 10.9 Å². The highest BCUT2D eigenvalue weighted by atomic mass is 32.2. The zero-order valence-electron chi connectivity index (χ0n) is 7.58. The molecule has 0 amide bonds. The largest absolute Gasteiger partial charge is 0.505 e. The molecule has 2 aromatic rings. The molecule has 84 valence electrons. The van der Waals surface area contributed by atoms with Crippen LogP contribution in [-0.2, 0) is 10.1 Å². The molecule has 0 aliphatic rings. The van der Waals surface area contributed by atoms with Crippen LogP contribution >= 0.6 is 0 Å². The number of nitrogens with zero attached hydrogens (tertiary/aromatic N) is 2. The number of hydrogen-bond acceptors (Lipinski definition) is 6. The Kier molecular flexibility index (Phi) is 2.14. The van der Waals surface area contributed by atoms with Crippen LogP contribution in [0.5, 0.6) is 5.75 Å². The van der Waals surface area contributed by atoms with Gasteiger partial charge in [-0.3, -0.25) is 9.65 Å². The van der Waals surface area contributed by atoms with Gasteiger partial charge >= 0.3 is 0 Å². The molecule has 8 nitrogen and oxygen atoms in total. The van der Waals surface area contributed by atoms with Crippen molar-refractivity contribution in [3.63, 3.8) is 0 Å². The molecule has 0 fully saturated rings. The molecule has 3 N–H and O–H groups in total. The number of nitroso groups, excluding NO2 is 1. The van der Waals surface area contributed by atoms with Crippen LogP contribution in [0.2, 0.25) is 0 Å². The molecule has 1 heterocycles. The maximum atomic E-state index is 11.0. The molecular weight excluding hydrogens is 238 g/mol. The summed E-state index contributed by atoms with van der Waals surface area (Å²) < 4.78 is 30.9. The smallest absolute Gasteiger partial charge is 0.295 e. The Morgan fingerprint density at radius 3 is 2.69 bits per heavy atom. The van der Waals surface area contributed by atoms with Gasteiger partial charge in [0, 0.05) is 11.5 Å². The molecule has 0 spiro atoms. The van der Waals surface area contributed by atoms with E-state index in [2.05, 4.69) is 15.4 Å². The molecular formula is C7H5N3O5S. The molecule has 16 heavy (non-hydrogen) atoms. The molecule has 0 radical (unpaired) electrons. The first-order valence-electron chi connectivity index (χ1n) is 3.95. The van der Waals surface area contributed by atoms with Gasteiger partial charge in [-0.1, -0.05) is 0 Å². The summed E-state index contributed by atoms with van der Waals surface area (Å²) in [4.78, 5) is 9.89. The summed E-state index contributed by atoms with van der Waals surface area (Å²) in [6.45, 7) is 0. The van der Waals surface area contributed by atoms with E-state index in [1.54, 1.807) is 0 Å². The summed E-state index contributed by atoms with van der Waals surface area (Å²) in [5, 5.41) is 17.7. The number of hydrogen-bond donors (Lipinski definition) is 3. The lowest BCUT2D eigenvalue weighted by Gasteiger charge is -2.02. The van der Waals surface area contributed by atoms with Crippen LogP contribution in [0.15, 0.2) is 22.3 Å². The standard InChI is InChI=1S/C7H5N3O5S/c11-4-1-5(16(13,14)15)3-2-8-9-6(3)7(4)10-12/h1-2,11H,(H,8,9)(H,13,14,15). The first-order valence-corrected chi connectivity index (χ1v) is 5.39. The molecule has 1 aromatic heterocycles. The zero-order chi connectivity index (χ0) is 11.9. The molecule has 0 saturated heterocycles. The Morgan fingerprint density at radius 2 is 2.12 bits per heavy atom. The summed E-state index contributed by atoms with van der Waals surface area (Å²) in [7, 11) is -4.51. The molecule has 1 aromatic carbocycles. The lowest BCUT2D eigenvalue weighted by molar-refractivity contribution is 0.469. The number of aromatic nitrogens is 2. The van der Waals surface area contributed by atoms with Crippen molar-refractivity contribution < 1.29 is 18.1 Å². The summed E-state index contributed by atoms with van der Waals surface area (Å²) >= 11 is 0. The van der Waals surface area contributed by atoms with Crippen LogP contribution in [0.4, 0.5) is 5.69 Å². The highest BCUT2D eigenvalue weighted by Crippen LogP contribution is 2.37. The second-order valence-electron chi connectivity index (χ2n) is 2.97. The van der Waals surface area contributed by atoms with E-state index in [-0.39, 0.29) is 16.6 Å². The van der Waals surface area contributed by atoms with Gasteiger partial charge in [0.05, 0.1) is 11.7 Å². The minimum Gasteiger partial charge on any atom is -0.505 e. The average molecular weight is 243 g/mol. The van der Waals surface area contributed by atoms with Crippen molar-refractivity contribution in [2.45, 2.75) is 4.90 Å².